The minimum atomic E-state index is -0.248. The first-order valence-corrected chi connectivity index (χ1v) is 8.14. The van der Waals surface area contributed by atoms with E-state index < -0.39 is 0 Å². The summed E-state index contributed by atoms with van der Waals surface area (Å²) in [5, 5.41) is 0. The van der Waals surface area contributed by atoms with Crippen LogP contribution in [0.1, 0.15) is 19.3 Å². The zero-order valence-electron chi connectivity index (χ0n) is 15.4. The zero-order valence-corrected chi connectivity index (χ0v) is 15.4. The Morgan fingerprint density at radius 1 is 0.833 bits per heavy atom. The first-order chi connectivity index (χ1) is 11.5. The number of nitrogens with zero attached hydrogens (tertiary/aromatic N) is 2. The maximum atomic E-state index is 11.3. The molecule has 0 spiro atoms. The molecular formula is C16H32N2O6. The second-order valence-electron chi connectivity index (χ2n) is 5.47. The summed E-state index contributed by atoms with van der Waals surface area (Å²) in [5.41, 5.74) is 0. The lowest BCUT2D eigenvalue weighted by Gasteiger charge is -2.25. The van der Waals surface area contributed by atoms with Crippen LogP contribution >= 0.6 is 0 Å². The maximum Gasteiger partial charge on any atom is 0.306 e. The van der Waals surface area contributed by atoms with Crippen LogP contribution < -0.4 is 0 Å². The Balaban J connectivity index is 4.07. The Bertz CT molecular complexity index is 321. The van der Waals surface area contributed by atoms with Crippen LogP contribution in [-0.4, -0.2) is 96.2 Å². The summed E-state index contributed by atoms with van der Waals surface area (Å²) in [6.45, 7) is 4.62. The van der Waals surface area contributed by atoms with Gasteiger partial charge in [-0.2, -0.15) is 0 Å². The van der Waals surface area contributed by atoms with Gasteiger partial charge in [-0.15, -0.1) is 0 Å². The quantitative estimate of drug-likeness (QED) is 0.238. The molecule has 8 heteroatoms. The van der Waals surface area contributed by atoms with Gasteiger partial charge in [0.2, 0.25) is 0 Å². The number of methoxy groups -OCH3 is 3. The first kappa shape index (κ1) is 22.8. The molecule has 0 saturated heterocycles. The topological polar surface area (TPSA) is 77.5 Å². The van der Waals surface area contributed by atoms with Gasteiger partial charge in [-0.05, 0) is 13.5 Å². The predicted molar refractivity (Wildman–Crippen MR) is 89.6 cm³/mol. The number of esters is 2. The van der Waals surface area contributed by atoms with E-state index in [1.807, 2.05) is 7.05 Å². The normalized spacial score (nSPS) is 11.1. The second-order valence-corrected chi connectivity index (χ2v) is 5.47. The summed E-state index contributed by atoms with van der Waals surface area (Å²) >= 11 is 0. The second kappa shape index (κ2) is 15.3. The molecule has 0 bridgehead atoms. The number of rotatable bonds is 15. The van der Waals surface area contributed by atoms with Crippen molar-refractivity contribution < 1.29 is 28.5 Å². The minimum Gasteiger partial charge on any atom is -0.469 e. The third-order valence-corrected chi connectivity index (χ3v) is 3.55. The molecule has 0 fully saturated rings. The highest BCUT2D eigenvalue weighted by Crippen LogP contribution is 1.99. The summed E-state index contributed by atoms with van der Waals surface area (Å²) in [6.07, 6.45) is 1.54. The minimum absolute atomic E-state index is 0.248. The standard InChI is InChI=1S/C16H32N2O6/c1-17(8-5-13-24-14-21-2)11-12-18(9-6-15(19)22-3)10-7-16(20)23-4/h5-14H2,1-4H3. The van der Waals surface area contributed by atoms with Gasteiger partial charge >= 0.3 is 11.9 Å². The van der Waals surface area contributed by atoms with Gasteiger partial charge in [-0.3, -0.25) is 9.59 Å². The Kier molecular flexibility index (Phi) is 14.5. The molecular weight excluding hydrogens is 316 g/mol. The van der Waals surface area contributed by atoms with E-state index in [1.165, 1.54) is 14.2 Å². The van der Waals surface area contributed by atoms with Gasteiger partial charge in [0.05, 0.1) is 33.7 Å². The van der Waals surface area contributed by atoms with Crippen molar-refractivity contribution in [3.05, 3.63) is 0 Å². The van der Waals surface area contributed by atoms with E-state index in [1.54, 1.807) is 7.11 Å². The number of carbonyl (C=O) groups is 2. The monoisotopic (exact) mass is 348 g/mol. The van der Waals surface area contributed by atoms with E-state index in [-0.39, 0.29) is 11.9 Å². The van der Waals surface area contributed by atoms with E-state index in [0.29, 0.717) is 39.3 Å². The molecule has 8 nitrogen and oxygen atoms in total. The van der Waals surface area contributed by atoms with Gasteiger partial charge in [-0.25, -0.2) is 0 Å². The fourth-order valence-corrected chi connectivity index (χ4v) is 2.04. The van der Waals surface area contributed by atoms with Crippen LogP contribution in [0.15, 0.2) is 0 Å². The van der Waals surface area contributed by atoms with E-state index in [0.717, 1.165) is 26.1 Å². The molecule has 0 atom stereocenters. The number of hydrogen-bond acceptors (Lipinski definition) is 8. The Morgan fingerprint density at radius 3 is 1.92 bits per heavy atom. The van der Waals surface area contributed by atoms with Crippen molar-refractivity contribution in [3.8, 4) is 0 Å². The number of likely N-dealkylation sites (N-methyl/N-ethyl adjacent to an activating group) is 1. The molecule has 0 aliphatic carbocycles. The molecule has 0 radical (unpaired) electrons. The molecule has 0 aliphatic rings. The summed E-state index contributed by atoms with van der Waals surface area (Å²) in [6, 6.07) is 0. The molecule has 0 aromatic carbocycles. The largest absolute Gasteiger partial charge is 0.469 e. The average molecular weight is 348 g/mol. The predicted octanol–water partition coefficient (Wildman–Crippen LogP) is 0.357. The molecule has 0 aromatic heterocycles. The van der Waals surface area contributed by atoms with Crippen molar-refractivity contribution in [3.63, 3.8) is 0 Å². The van der Waals surface area contributed by atoms with E-state index in [9.17, 15) is 9.59 Å². The molecule has 0 heterocycles. The number of ether oxygens (including phenoxy) is 4. The molecule has 24 heavy (non-hydrogen) atoms. The van der Waals surface area contributed by atoms with Gasteiger partial charge < -0.3 is 28.7 Å². The summed E-state index contributed by atoms with van der Waals surface area (Å²) in [5.74, 6) is -0.497. The van der Waals surface area contributed by atoms with Gasteiger partial charge in [0, 0.05) is 39.8 Å². The highest BCUT2D eigenvalue weighted by atomic mass is 16.7. The summed E-state index contributed by atoms with van der Waals surface area (Å²) < 4.78 is 19.4. The lowest BCUT2D eigenvalue weighted by molar-refractivity contribution is -0.141. The zero-order chi connectivity index (χ0) is 18.2. The van der Waals surface area contributed by atoms with Crippen LogP contribution in [0.3, 0.4) is 0 Å². The highest BCUT2D eigenvalue weighted by Gasteiger charge is 2.12. The van der Waals surface area contributed by atoms with Crippen LogP contribution in [-0.2, 0) is 28.5 Å². The van der Waals surface area contributed by atoms with Crippen molar-refractivity contribution in [2.75, 3.05) is 74.5 Å². The van der Waals surface area contributed by atoms with Crippen LogP contribution in [0.5, 0.6) is 0 Å². The average Bonchev–Trinajstić information content (AvgIpc) is 2.59. The lowest BCUT2D eigenvalue weighted by Crippen LogP contribution is -2.36. The molecule has 0 N–H and O–H groups in total. The Morgan fingerprint density at radius 2 is 1.42 bits per heavy atom. The van der Waals surface area contributed by atoms with Crippen LogP contribution in [0.25, 0.3) is 0 Å². The fraction of sp³-hybridized carbons (Fsp3) is 0.875. The van der Waals surface area contributed by atoms with Gasteiger partial charge in [0.1, 0.15) is 6.79 Å². The smallest absolute Gasteiger partial charge is 0.306 e. The summed E-state index contributed by atoms with van der Waals surface area (Å²) in [7, 11) is 6.39. The first-order valence-electron chi connectivity index (χ1n) is 8.14. The third kappa shape index (κ3) is 13.2. The van der Waals surface area contributed by atoms with Gasteiger partial charge in [0.15, 0.2) is 0 Å². The number of hydrogen-bond donors (Lipinski definition) is 0. The molecule has 0 saturated carbocycles. The molecule has 0 amide bonds. The van der Waals surface area contributed by atoms with Crippen molar-refractivity contribution in [2.24, 2.45) is 0 Å². The SMILES string of the molecule is COCOCCCN(C)CCN(CCC(=O)OC)CCC(=O)OC. The van der Waals surface area contributed by atoms with E-state index >= 15 is 0 Å². The Hall–Kier alpha value is -1.22. The Labute approximate surface area is 145 Å². The van der Waals surface area contributed by atoms with Crippen molar-refractivity contribution in [1.29, 1.82) is 0 Å². The van der Waals surface area contributed by atoms with Crippen LogP contribution in [0, 0.1) is 0 Å². The van der Waals surface area contributed by atoms with Crippen LogP contribution in [0.4, 0.5) is 0 Å². The highest BCUT2D eigenvalue weighted by molar-refractivity contribution is 5.70. The van der Waals surface area contributed by atoms with Gasteiger partial charge in [0.25, 0.3) is 0 Å². The third-order valence-electron chi connectivity index (χ3n) is 3.55. The van der Waals surface area contributed by atoms with Gasteiger partial charge in [-0.1, -0.05) is 0 Å². The van der Waals surface area contributed by atoms with E-state index in [4.69, 9.17) is 9.47 Å². The van der Waals surface area contributed by atoms with E-state index in [2.05, 4.69) is 19.3 Å². The molecule has 0 unspecified atom stereocenters. The molecule has 142 valence electrons. The van der Waals surface area contributed by atoms with Crippen molar-refractivity contribution in [2.45, 2.75) is 19.3 Å². The molecule has 0 rings (SSSR count). The lowest BCUT2D eigenvalue weighted by atomic mass is 10.3. The van der Waals surface area contributed by atoms with Crippen LogP contribution in [0.2, 0.25) is 0 Å². The summed E-state index contributed by atoms with van der Waals surface area (Å²) in [4.78, 5) is 26.9. The maximum absolute atomic E-state index is 11.3. The fourth-order valence-electron chi connectivity index (χ4n) is 2.04. The van der Waals surface area contributed by atoms with Crippen molar-refractivity contribution >= 4 is 11.9 Å². The number of carbonyl (C=O) groups excluding carboxylic acids is 2. The molecule has 0 aromatic rings. The molecule has 0 aliphatic heterocycles. The van der Waals surface area contributed by atoms with Crippen molar-refractivity contribution in [1.82, 2.24) is 9.80 Å².